The van der Waals surface area contributed by atoms with Crippen molar-refractivity contribution in [2.45, 2.75) is 36.7 Å². The second-order valence-electron chi connectivity index (χ2n) is 6.42. The van der Waals surface area contributed by atoms with Crippen molar-refractivity contribution < 1.29 is 17.9 Å². The molecular weight excluding hydrogens is 374 g/mol. The molecule has 0 spiro atoms. The van der Waals surface area contributed by atoms with E-state index in [1.807, 2.05) is 0 Å². The van der Waals surface area contributed by atoms with Crippen molar-refractivity contribution in [1.29, 1.82) is 0 Å². The summed E-state index contributed by atoms with van der Waals surface area (Å²) in [6.45, 7) is 0. The molecule has 0 atom stereocenters. The molecule has 1 aliphatic carbocycles. The van der Waals surface area contributed by atoms with Gasteiger partial charge < -0.3 is 10.1 Å². The van der Waals surface area contributed by atoms with Crippen LogP contribution in [0.3, 0.4) is 0 Å². The second-order valence-corrected chi connectivity index (χ2v) is 8.85. The number of hydrogen-bond donors (Lipinski definition) is 1. The Morgan fingerprint density at radius 3 is 2.54 bits per heavy atom. The minimum absolute atomic E-state index is 0.100. The molecule has 0 aromatic heterocycles. The standard InChI is InChI=1S/C19H20ClNO4S/c1-26(23,24)16-8-4-5-13(11-16)19(22)21-14-9-10-18(17(20)12-14)25-15-6-2-3-7-15/h4-5,8-12,15H,2-3,6-7H2,1H3,(H,21,22). The molecule has 0 saturated heterocycles. The van der Waals surface area contributed by atoms with Gasteiger partial charge in [0.25, 0.3) is 5.91 Å². The summed E-state index contributed by atoms with van der Waals surface area (Å²) in [7, 11) is -3.37. The number of rotatable bonds is 5. The summed E-state index contributed by atoms with van der Waals surface area (Å²) in [4.78, 5) is 12.5. The van der Waals surface area contributed by atoms with E-state index in [2.05, 4.69) is 5.32 Å². The third-order valence-electron chi connectivity index (χ3n) is 4.31. The monoisotopic (exact) mass is 393 g/mol. The second kappa shape index (κ2) is 7.68. The first kappa shape index (κ1) is 18.7. The van der Waals surface area contributed by atoms with E-state index in [1.165, 1.54) is 31.0 Å². The van der Waals surface area contributed by atoms with Crippen LogP contribution >= 0.6 is 11.6 Å². The molecule has 2 aromatic rings. The molecular formula is C19H20ClNO4S. The maximum atomic E-state index is 12.4. The molecule has 1 saturated carbocycles. The quantitative estimate of drug-likeness (QED) is 0.821. The van der Waals surface area contributed by atoms with E-state index in [9.17, 15) is 13.2 Å². The lowest BCUT2D eigenvalue weighted by Gasteiger charge is -2.15. The Kier molecular flexibility index (Phi) is 5.53. The van der Waals surface area contributed by atoms with Gasteiger partial charge in [-0.1, -0.05) is 17.7 Å². The highest BCUT2D eigenvalue weighted by Crippen LogP contribution is 2.32. The molecule has 0 bridgehead atoms. The minimum Gasteiger partial charge on any atom is -0.489 e. The molecule has 1 fully saturated rings. The Bertz CT molecular complexity index is 921. The SMILES string of the molecule is CS(=O)(=O)c1cccc(C(=O)Nc2ccc(OC3CCCC3)c(Cl)c2)c1. The van der Waals surface area contributed by atoms with Crippen LogP contribution in [0, 0.1) is 0 Å². The lowest BCUT2D eigenvalue weighted by atomic mass is 10.2. The normalized spacial score (nSPS) is 15.0. The van der Waals surface area contributed by atoms with E-state index < -0.39 is 15.7 Å². The third kappa shape index (κ3) is 4.56. The molecule has 3 rings (SSSR count). The molecule has 0 unspecified atom stereocenters. The van der Waals surface area contributed by atoms with Gasteiger partial charge in [0, 0.05) is 17.5 Å². The van der Waals surface area contributed by atoms with Gasteiger partial charge in [0.15, 0.2) is 9.84 Å². The van der Waals surface area contributed by atoms with Crippen LogP contribution in [0.2, 0.25) is 5.02 Å². The van der Waals surface area contributed by atoms with Crippen LogP contribution in [0.25, 0.3) is 0 Å². The average molecular weight is 394 g/mol. The van der Waals surface area contributed by atoms with Gasteiger partial charge in [-0.15, -0.1) is 0 Å². The fraction of sp³-hybridized carbons (Fsp3) is 0.316. The molecule has 5 nitrogen and oxygen atoms in total. The Labute approximate surface area is 158 Å². The fourth-order valence-corrected chi connectivity index (χ4v) is 3.82. The zero-order valence-electron chi connectivity index (χ0n) is 14.4. The average Bonchev–Trinajstić information content (AvgIpc) is 3.10. The molecule has 1 N–H and O–H groups in total. The number of benzene rings is 2. The lowest BCUT2D eigenvalue weighted by molar-refractivity contribution is 0.102. The largest absolute Gasteiger partial charge is 0.489 e. The number of carbonyl (C=O) groups excluding carboxylic acids is 1. The smallest absolute Gasteiger partial charge is 0.255 e. The summed E-state index contributed by atoms with van der Waals surface area (Å²) < 4.78 is 29.1. The van der Waals surface area contributed by atoms with Gasteiger partial charge in [-0.2, -0.15) is 0 Å². The number of amides is 1. The van der Waals surface area contributed by atoms with E-state index in [1.54, 1.807) is 24.3 Å². The molecule has 0 aliphatic heterocycles. The first-order chi connectivity index (χ1) is 12.3. The van der Waals surface area contributed by atoms with Gasteiger partial charge in [0.1, 0.15) is 5.75 Å². The molecule has 0 heterocycles. The van der Waals surface area contributed by atoms with Crippen molar-refractivity contribution in [1.82, 2.24) is 0 Å². The van der Waals surface area contributed by atoms with Crippen LogP contribution in [-0.2, 0) is 9.84 Å². The van der Waals surface area contributed by atoms with Gasteiger partial charge in [-0.3, -0.25) is 4.79 Å². The Hall–Kier alpha value is -2.05. The highest BCUT2D eigenvalue weighted by atomic mass is 35.5. The third-order valence-corrected chi connectivity index (χ3v) is 5.72. The molecule has 26 heavy (non-hydrogen) atoms. The topological polar surface area (TPSA) is 72.5 Å². The Morgan fingerprint density at radius 1 is 1.15 bits per heavy atom. The van der Waals surface area contributed by atoms with E-state index >= 15 is 0 Å². The van der Waals surface area contributed by atoms with E-state index in [-0.39, 0.29) is 16.6 Å². The maximum absolute atomic E-state index is 12.4. The lowest BCUT2D eigenvalue weighted by Crippen LogP contribution is -2.13. The van der Waals surface area contributed by atoms with Crippen LogP contribution in [0.4, 0.5) is 5.69 Å². The van der Waals surface area contributed by atoms with Crippen molar-refractivity contribution in [3.05, 3.63) is 53.1 Å². The first-order valence-corrected chi connectivity index (χ1v) is 10.7. The van der Waals surface area contributed by atoms with E-state index in [4.69, 9.17) is 16.3 Å². The van der Waals surface area contributed by atoms with E-state index in [0.717, 1.165) is 19.1 Å². The van der Waals surface area contributed by atoms with Crippen molar-refractivity contribution in [2.24, 2.45) is 0 Å². The molecule has 1 aliphatic rings. The zero-order valence-corrected chi connectivity index (χ0v) is 15.9. The van der Waals surface area contributed by atoms with Crippen molar-refractivity contribution in [3.63, 3.8) is 0 Å². The number of hydrogen-bond acceptors (Lipinski definition) is 4. The predicted molar refractivity (Wildman–Crippen MR) is 102 cm³/mol. The summed E-state index contributed by atoms with van der Waals surface area (Å²) in [5.74, 6) is 0.201. The number of sulfone groups is 1. The highest BCUT2D eigenvalue weighted by Gasteiger charge is 2.18. The predicted octanol–water partition coefficient (Wildman–Crippen LogP) is 4.32. The zero-order chi connectivity index (χ0) is 18.7. The molecule has 0 radical (unpaired) electrons. The molecule has 2 aromatic carbocycles. The van der Waals surface area contributed by atoms with Gasteiger partial charge in [-0.25, -0.2) is 8.42 Å². The van der Waals surface area contributed by atoms with Gasteiger partial charge in [0.05, 0.1) is 16.0 Å². The summed E-state index contributed by atoms with van der Waals surface area (Å²) in [5.41, 5.74) is 0.777. The van der Waals surface area contributed by atoms with Crippen LogP contribution < -0.4 is 10.1 Å². The molecule has 7 heteroatoms. The number of halogens is 1. The van der Waals surface area contributed by atoms with Gasteiger partial charge in [0.2, 0.25) is 0 Å². The minimum atomic E-state index is -3.37. The summed E-state index contributed by atoms with van der Waals surface area (Å²) in [5, 5.41) is 3.15. The summed E-state index contributed by atoms with van der Waals surface area (Å²) in [6, 6.07) is 11.0. The van der Waals surface area contributed by atoms with Crippen LogP contribution in [0.5, 0.6) is 5.75 Å². The van der Waals surface area contributed by atoms with Crippen molar-refractivity contribution in [3.8, 4) is 5.75 Å². The summed E-state index contributed by atoms with van der Waals surface area (Å²) >= 11 is 6.27. The van der Waals surface area contributed by atoms with Crippen LogP contribution in [0.1, 0.15) is 36.0 Å². The maximum Gasteiger partial charge on any atom is 0.255 e. The number of carbonyl (C=O) groups is 1. The van der Waals surface area contributed by atoms with E-state index in [0.29, 0.717) is 16.5 Å². The highest BCUT2D eigenvalue weighted by molar-refractivity contribution is 7.90. The van der Waals surface area contributed by atoms with Crippen LogP contribution in [0.15, 0.2) is 47.4 Å². The molecule has 1 amide bonds. The van der Waals surface area contributed by atoms with Crippen molar-refractivity contribution >= 4 is 33.0 Å². The van der Waals surface area contributed by atoms with Gasteiger partial charge >= 0.3 is 0 Å². The Balaban J connectivity index is 1.72. The Morgan fingerprint density at radius 2 is 1.88 bits per heavy atom. The number of nitrogens with one attached hydrogen (secondary N) is 1. The number of anilines is 1. The fourth-order valence-electron chi connectivity index (χ4n) is 2.93. The van der Waals surface area contributed by atoms with Gasteiger partial charge in [-0.05, 0) is 62.1 Å². The summed E-state index contributed by atoms with van der Waals surface area (Å²) in [6.07, 6.45) is 5.71. The van der Waals surface area contributed by atoms with Crippen molar-refractivity contribution in [2.75, 3.05) is 11.6 Å². The molecule has 138 valence electrons. The number of ether oxygens (including phenoxy) is 1. The van der Waals surface area contributed by atoms with Crippen LogP contribution in [-0.4, -0.2) is 26.7 Å². The first-order valence-electron chi connectivity index (χ1n) is 8.40.